The number of hydrogen-bond acceptors (Lipinski definition) is 3. The third kappa shape index (κ3) is 4.46. The van der Waals surface area contributed by atoms with Crippen molar-refractivity contribution in [2.45, 2.75) is 51.1 Å². The molecule has 138 valence electrons. The molecule has 5 nitrogen and oxygen atoms in total. The topological polar surface area (TPSA) is 44.8 Å². The van der Waals surface area contributed by atoms with Gasteiger partial charge in [0.05, 0.1) is 7.11 Å². The van der Waals surface area contributed by atoms with E-state index in [9.17, 15) is 4.79 Å². The first-order valence-corrected chi connectivity index (χ1v) is 9.59. The highest BCUT2D eigenvalue weighted by atomic mass is 16.5. The second kappa shape index (κ2) is 8.56. The fourth-order valence-electron chi connectivity index (χ4n) is 3.99. The Hall–Kier alpha value is -1.75. The number of benzene rings is 1. The monoisotopic (exact) mass is 345 g/mol. The zero-order chi connectivity index (χ0) is 17.6. The fraction of sp³-hybridized carbons (Fsp3) is 0.650. The second-order valence-corrected chi connectivity index (χ2v) is 7.29. The Morgan fingerprint density at radius 1 is 1.28 bits per heavy atom. The number of rotatable bonds is 6. The first-order valence-electron chi connectivity index (χ1n) is 9.59. The highest BCUT2D eigenvalue weighted by Gasteiger charge is 2.37. The summed E-state index contributed by atoms with van der Waals surface area (Å²) in [5.41, 5.74) is 1.20. The Bertz CT molecular complexity index is 572. The summed E-state index contributed by atoms with van der Waals surface area (Å²) in [5, 5.41) is 3.05. The molecule has 0 saturated carbocycles. The van der Waals surface area contributed by atoms with Crippen LogP contribution >= 0.6 is 0 Å². The number of aryl methyl sites for hydroxylation is 1. The molecule has 1 aromatic rings. The highest BCUT2D eigenvalue weighted by molar-refractivity contribution is 5.75. The summed E-state index contributed by atoms with van der Waals surface area (Å²) in [5.74, 6) is 0.926. The van der Waals surface area contributed by atoms with Crippen LogP contribution in [-0.2, 0) is 6.42 Å². The minimum absolute atomic E-state index is 0.0842. The molecule has 5 heteroatoms. The molecule has 2 heterocycles. The molecular formula is C20H31N3O2. The molecular weight excluding hydrogens is 314 g/mol. The highest BCUT2D eigenvalue weighted by Crippen LogP contribution is 2.24. The van der Waals surface area contributed by atoms with E-state index in [0.717, 1.165) is 31.7 Å². The average Bonchev–Trinajstić information content (AvgIpc) is 2.59. The molecule has 25 heavy (non-hydrogen) atoms. The zero-order valence-corrected chi connectivity index (χ0v) is 15.5. The Labute approximate surface area is 151 Å². The van der Waals surface area contributed by atoms with E-state index in [4.69, 9.17) is 4.74 Å². The second-order valence-electron chi connectivity index (χ2n) is 7.29. The molecule has 0 radical (unpaired) electrons. The maximum Gasteiger partial charge on any atom is 0.317 e. The Morgan fingerprint density at radius 3 is 2.84 bits per heavy atom. The smallest absolute Gasteiger partial charge is 0.317 e. The third-order valence-electron chi connectivity index (χ3n) is 5.56. The van der Waals surface area contributed by atoms with Crippen LogP contribution in [0.1, 0.15) is 38.2 Å². The normalized spacial score (nSPS) is 21.7. The summed E-state index contributed by atoms with van der Waals surface area (Å²) in [6.45, 7) is 5.98. The van der Waals surface area contributed by atoms with Crippen LogP contribution in [0.5, 0.6) is 5.75 Å². The van der Waals surface area contributed by atoms with Gasteiger partial charge in [-0.1, -0.05) is 24.6 Å². The summed E-state index contributed by atoms with van der Waals surface area (Å²) < 4.78 is 5.37. The van der Waals surface area contributed by atoms with Gasteiger partial charge >= 0.3 is 6.03 Å². The number of nitrogens with zero attached hydrogens (tertiary/aromatic N) is 2. The SMILES string of the molecule is COc1ccccc1CCCNC(=O)N1CC(N2CCCC[C@H]2C)C1. The van der Waals surface area contributed by atoms with Crippen molar-refractivity contribution in [3.63, 3.8) is 0 Å². The number of urea groups is 1. The molecule has 2 aliphatic heterocycles. The van der Waals surface area contributed by atoms with Gasteiger partial charge in [0.1, 0.15) is 5.75 Å². The molecule has 0 aliphatic carbocycles. The largest absolute Gasteiger partial charge is 0.496 e. The van der Waals surface area contributed by atoms with Gasteiger partial charge in [-0.2, -0.15) is 0 Å². The quantitative estimate of drug-likeness (QED) is 0.807. The number of para-hydroxylation sites is 1. The van der Waals surface area contributed by atoms with Crippen molar-refractivity contribution in [2.24, 2.45) is 0 Å². The molecule has 0 bridgehead atoms. The molecule has 1 N–H and O–H groups in total. The first-order chi connectivity index (χ1) is 12.2. The predicted molar refractivity (Wildman–Crippen MR) is 100 cm³/mol. The van der Waals surface area contributed by atoms with E-state index in [2.05, 4.69) is 23.2 Å². The van der Waals surface area contributed by atoms with Crippen LogP contribution < -0.4 is 10.1 Å². The van der Waals surface area contributed by atoms with Crippen LogP contribution in [0.2, 0.25) is 0 Å². The van der Waals surface area contributed by atoms with Crippen LogP contribution in [0.15, 0.2) is 24.3 Å². The van der Waals surface area contributed by atoms with Gasteiger partial charge in [0.15, 0.2) is 0 Å². The molecule has 1 aromatic carbocycles. The van der Waals surface area contributed by atoms with Gasteiger partial charge in [0.2, 0.25) is 0 Å². The molecule has 2 saturated heterocycles. The Morgan fingerprint density at radius 2 is 2.08 bits per heavy atom. The third-order valence-corrected chi connectivity index (χ3v) is 5.56. The van der Waals surface area contributed by atoms with Gasteiger partial charge in [0.25, 0.3) is 0 Å². The van der Waals surface area contributed by atoms with Gasteiger partial charge < -0.3 is 15.0 Å². The number of piperidine rings is 1. The Kier molecular flexibility index (Phi) is 6.19. The van der Waals surface area contributed by atoms with Gasteiger partial charge in [0, 0.05) is 31.7 Å². The first kappa shape index (κ1) is 18.1. The fourth-order valence-corrected chi connectivity index (χ4v) is 3.99. The molecule has 0 unspecified atom stereocenters. The van der Waals surface area contributed by atoms with Crippen molar-refractivity contribution in [1.82, 2.24) is 15.1 Å². The molecule has 3 rings (SSSR count). The van der Waals surface area contributed by atoms with E-state index >= 15 is 0 Å². The van der Waals surface area contributed by atoms with Gasteiger partial charge in [-0.05, 0) is 50.8 Å². The maximum absolute atomic E-state index is 12.2. The van der Waals surface area contributed by atoms with E-state index in [1.807, 2.05) is 23.1 Å². The average molecular weight is 345 g/mol. The van der Waals surface area contributed by atoms with Gasteiger partial charge in [-0.3, -0.25) is 4.90 Å². The summed E-state index contributed by atoms with van der Waals surface area (Å²) in [7, 11) is 1.70. The van der Waals surface area contributed by atoms with E-state index in [1.165, 1.54) is 31.4 Å². The van der Waals surface area contributed by atoms with Crippen LogP contribution in [0.25, 0.3) is 0 Å². The summed E-state index contributed by atoms with van der Waals surface area (Å²) in [6, 6.07) is 9.39. The van der Waals surface area contributed by atoms with Gasteiger partial charge in [-0.25, -0.2) is 4.79 Å². The number of methoxy groups -OCH3 is 1. The number of amides is 2. The number of carbonyl (C=O) groups is 1. The lowest BCUT2D eigenvalue weighted by Crippen LogP contribution is -2.65. The lowest BCUT2D eigenvalue weighted by Gasteiger charge is -2.49. The van der Waals surface area contributed by atoms with E-state index in [0.29, 0.717) is 18.6 Å². The van der Waals surface area contributed by atoms with Crippen LogP contribution in [0.3, 0.4) is 0 Å². The van der Waals surface area contributed by atoms with Crippen molar-refractivity contribution in [3.05, 3.63) is 29.8 Å². The lowest BCUT2D eigenvalue weighted by molar-refractivity contribution is 0.0170. The summed E-state index contributed by atoms with van der Waals surface area (Å²) in [4.78, 5) is 16.8. The summed E-state index contributed by atoms with van der Waals surface area (Å²) in [6.07, 6.45) is 5.78. The number of ether oxygens (including phenoxy) is 1. The minimum Gasteiger partial charge on any atom is -0.496 e. The van der Waals surface area contributed by atoms with Crippen molar-refractivity contribution in [1.29, 1.82) is 0 Å². The van der Waals surface area contributed by atoms with Crippen molar-refractivity contribution in [3.8, 4) is 5.75 Å². The standard InChI is InChI=1S/C20H31N3O2/c1-16-8-5-6-13-23(16)18-14-22(15-18)20(24)21-12-7-10-17-9-3-4-11-19(17)25-2/h3-4,9,11,16,18H,5-8,10,12-15H2,1-2H3,(H,21,24)/t16-/m1/s1. The number of nitrogens with one attached hydrogen (secondary N) is 1. The molecule has 2 amide bonds. The molecule has 2 aliphatic rings. The number of hydrogen-bond donors (Lipinski definition) is 1. The number of carbonyl (C=O) groups excluding carboxylic acids is 1. The van der Waals surface area contributed by atoms with Crippen LogP contribution in [0.4, 0.5) is 4.79 Å². The lowest BCUT2D eigenvalue weighted by atomic mass is 9.98. The molecule has 2 fully saturated rings. The summed E-state index contributed by atoms with van der Waals surface area (Å²) >= 11 is 0. The van der Waals surface area contributed by atoms with E-state index in [1.54, 1.807) is 7.11 Å². The number of likely N-dealkylation sites (tertiary alicyclic amines) is 2. The van der Waals surface area contributed by atoms with E-state index < -0.39 is 0 Å². The maximum atomic E-state index is 12.2. The van der Waals surface area contributed by atoms with Crippen molar-refractivity contribution in [2.75, 3.05) is 33.3 Å². The van der Waals surface area contributed by atoms with Gasteiger partial charge in [-0.15, -0.1) is 0 Å². The molecule has 0 aromatic heterocycles. The van der Waals surface area contributed by atoms with E-state index in [-0.39, 0.29) is 6.03 Å². The molecule has 0 spiro atoms. The van der Waals surface area contributed by atoms with Crippen LogP contribution in [0, 0.1) is 0 Å². The zero-order valence-electron chi connectivity index (χ0n) is 15.5. The Balaban J connectivity index is 1.34. The minimum atomic E-state index is 0.0842. The van der Waals surface area contributed by atoms with Crippen molar-refractivity contribution >= 4 is 6.03 Å². The molecule has 1 atom stereocenters. The predicted octanol–water partition coefficient (Wildman–Crippen LogP) is 2.90. The van der Waals surface area contributed by atoms with Crippen LogP contribution in [-0.4, -0.2) is 61.2 Å². The van der Waals surface area contributed by atoms with Crippen molar-refractivity contribution < 1.29 is 9.53 Å².